The molecule has 2 fully saturated rings. The van der Waals surface area contributed by atoms with E-state index in [2.05, 4.69) is 0 Å². The molecule has 0 aliphatic heterocycles. The Kier molecular flexibility index (Phi) is 1.15. The summed E-state index contributed by atoms with van der Waals surface area (Å²) >= 11 is 0. The van der Waals surface area contributed by atoms with E-state index in [1.165, 1.54) is 0 Å². The van der Waals surface area contributed by atoms with Crippen LogP contribution in [0.15, 0.2) is 0 Å². The van der Waals surface area contributed by atoms with Crippen molar-refractivity contribution in [3.05, 3.63) is 0 Å². The van der Waals surface area contributed by atoms with Crippen molar-refractivity contribution in [2.75, 3.05) is 0 Å². The number of alkyl halides is 4. The van der Waals surface area contributed by atoms with Gasteiger partial charge in [-0.1, -0.05) is 0 Å². The topological polar surface area (TPSA) is 0 Å². The van der Waals surface area contributed by atoms with Crippen molar-refractivity contribution < 1.29 is 17.6 Å². The zero-order valence-corrected chi connectivity index (χ0v) is 5.79. The molecular weight excluding hydrogens is 160 g/mol. The highest BCUT2D eigenvalue weighted by Gasteiger charge is 2.64. The lowest BCUT2D eigenvalue weighted by molar-refractivity contribution is -0.131. The van der Waals surface area contributed by atoms with Gasteiger partial charge in [-0.3, -0.25) is 0 Å². The molecule has 2 bridgehead atoms. The van der Waals surface area contributed by atoms with Crippen molar-refractivity contribution in [3.8, 4) is 0 Å². The Bertz CT molecular complexity index is 167. The number of fused-ring (bicyclic) bond motifs is 2. The number of hydrogen-bond acceptors (Lipinski definition) is 0. The van der Waals surface area contributed by atoms with Gasteiger partial charge in [-0.2, -0.15) is 0 Å². The minimum atomic E-state index is -2.81. The van der Waals surface area contributed by atoms with Gasteiger partial charge in [0.15, 0.2) is 0 Å². The molecule has 2 saturated carbocycles. The molecule has 0 aromatic heterocycles. The molecule has 0 N–H and O–H groups in total. The molecule has 0 saturated heterocycles. The van der Waals surface area contributed by atoms with Gasteiger partial charge in [-0.15, -0.1) is 0 Å². The quantitative estimate of drug-likeness (QED) is 0.488. The zero-order chi connectivity index (χ0) is 8.28. The third kappa shape index (κ3) is 0.876. The van der Waals surface area contributed by atoms with Crippen LogP contribution in [-0.4, -0.2) is 11.8 Å². The van der Waals surface area contributed by atoms with Crippen LogP contribution in [0.2, 0.25) is 0 Å². The molecule has 2 rings (SSSR count). The second kappa shape index (κ2) is 1.72. The highest BCUT2D eigenvalue weighted by Crippen LogP contribution is 2.59. The predicted octanol–water partition coefficient (Wildman–Crippen LogP) is 2.69. The summed E-state index contributed by atoms with van der Waals surface area (Å²) in [7, 11) is 0. The van der Waals surface area contributed by atoms with Gasteiger partial charge in [0.2, 0.25) is 0 Å². The van der Waals surface area contributed by atoms with Crippen LogP contribution in [0.5, 0.6) is 0 Å². The van der Waals surface area contributed by atoms with E-state index in [1.807, 2.05) is 0 Å². The van der Waals surface area contributed by atoms with E-state index < -0.39 is 36.5 Å². The Morgan fingerprint density at radius 2 is 1.18 bits per heavy atom. The monoisotopic (exact) mass is 168 g/mol. The Balaban J connectivity index is 2.21. The Morgan fingerprint density at radius 3 is 1.36 bits per heavy atom. The van der Waals surface area contributed by atoms with Crippen LogP contribution in [0.4, 0.5) is 17.6 Å². The lowest BCUT2D eigenvalue weighted by atomic mass is 9.93. The van der Waals surface area contributed by atoms with E-state index in [9.17, 15) is 17.6 Å². The van der Waals surface area contributed by atoms with Crippen molar-refractivity contribution in [3.63, 3.8) is 0 Å². The molecule has 11 heavy (non-hydrogen) atoms. The smallest absolute Gasteiger partial charge is 0.207 e. The molecule has 0 heterocycles. The standard InChI is InChI=1S/C7H8F4/c8-6(9)2-4-1-5(6)3-7(4,10)11/h4-5H,1-3H2. The van der Waals surface area contributed by atoms with Gasteiger partial charge in [0, 0.05) is 24.7 Å². The van der Waals surface area contributed by atoms with Gasteiger partial charge in [-0.05, 0) is 6.42 Å². The van der Waals surface area contributed by atoms with Gasteiger partial charge >= 0.3 is 0 Å². The summed E-state index contributed by atoms with van der Waals surface area (Å²) in [6, 6.07) is 0. The lowest BCUT2D eigenvalue weighted by Gasteiger charge is -2.27. The Labute approximate surface area is 61.6 Å². The van der Waals surface area contributed by atoms with E-state index in [-0.39, 0.29) is 6.42 Å². The summed E-state index contributed by atoms with van der Waals surface area (Å²) in [6.45, 7) is 0. The fraction of sp³-hybridized carbons (Fsp3) is 1.00. The van der Waals surface area contributed by atoms with Crippen molar-refractivity contribution in [2.24, 2.45) is 11.8 Å². The lowest BCUT2D eigenvalue weighted by Crippen LogP contribution is -2.34. The van der Waals surface area contributed by atoms with Crippen molar-refractivity contribution in [2.45, 2.75) is 31.1 Å². The highest BCUT2D eigenvalue weighted by atomic mass is 19.3. The van der Waals surface area contributed by atoms with Gasteiger partial charge in [0.05, 0.1) is 0 Å². The summed E-state index contributed by atoms with van der Waals surface area (Å²) < 4.78 is 50.6. The van der Waals surface area contributed by atoms with Gasteiger partial charge in [-0.25, -0.2) is 17.6 Å². The van der Waals surface area contributed by atoms with Crippen LogP contribution < -0.4 is 0 Å². The third-order valence-corrected chi connectivity index (χ3v) is 2.80. The molecule has 0 aromatic carbocycles. The minimum absolute atomic E-state index is 0.0139. The minimum Gasteiger partial charge on any atom is -0.207 e. The van der Waals surface area contributed by atoms with Crippen LogP contribution in [0, 0.1) is 11.8 Å². The summed E-state index contributed by atoms with van der Waals surface area (Å²) in [6.07, 6.45) is -1.20. The molecule has 0 radical (unpaired) electrons. The normalized spacial score (nSPS) is 44.7. The predicted molar refractivity (Wildman–Crippen MR) is 30.7 cm³/mol. The fourth-order valence-electron chi connectivity index (χ4n) is 2.14. The molecule has 0 aromatic rings. The third-order valence-electron chi connectivity index (χ3n) is 2.80. The van der Waals surface area contributed by atoms with Crippen LogP contribution in [0.3, 0.4) is 0 Å². The maximum absolute atomic E-state index is 12.6. The average molecular weight is 168 g/mol. The Morgan fingerprint density at radius 1 is 0.818 bits per heavy atom. The zero-order valence-electron chi connectivity index (χ0n) is 5.79. The summed E-state index contributed by atoms with van der Waals surface area (Å²) in [4.78, 5) is 0. The second-order valence-corrected chi connectivity index (χ2v) is 3.56. The van der Waals surface area contributed by atoms with Crippen LogP contribution in [0.25, 0.3) is 0 Å². The van der Waals surface area contributed by atoms with E-state index in [1.54, 1.807) is 0 Å². The van der Waals surface area contributed by atoms with Crippen molar-refractivity contribution in [1.29, 1.82) is 0 Å². The average Bonchev–Trinajstić information content (AvgIpc) is 2.18. The number of hydrogen-bond donors (Lipinski definition) is 0. The molecule has 2 aliphatic carbocycles. The molecule has 0 spiro atoms. The number of halogens is 4. The maximum Gasteiger partial charge on any atom is 0.251 e. The maximum atomic E-state index is 12.6. The molecule has 2 aliphatic rings. The van der Waals surface area contributed by atoms with Crippen LogP contribution >= 0.6 is 0 Å². The summed E-state index contributed by atoms with van der Waals surface area (Å²) in [5.41, 5.74) is 0. The van der Waals surface area contributed by atoms with E-state index >= 15 is 0 Å². The largest absolute Gasteiger partial charge is 0.251 e. The van der Waals surface area contributed by atoms with E-state index in [0.717, 1.165) is 0 Å². The molecule has 2 atom stereocenters. The van der Waals surface area contributed by atoms with Crippen molar-refractivity contribution >= 4 is 0 Å². The fourth-order valence-corrected chi connectivity index (χ4v) is 2.14. The van der Waals surface area contributed by atoms with Crippen LogP contribution in [-0.2, 0) is 0 Å². The first-order chi connectivity index (χ1) is 4.92. The first kappa shape index (κ1) is 7.37. The molecule has 2 unspecified atom stereocenters. The summed E-state index contributed by atoms with van der Waals surface area (Å²) in [5.74, 6) is -7.73. The molecule has 0 amide bonds. The van der Waals surface area contributed by atoms with Gasteiger partial charge < -0.3 is 0 Å². The van der Waals surface area contributed by atoms with E-state index in [0.29, 0.717) is 0 Å². The molecule has 0 nitrogen and oxygen atoms in total. The van der Waals surface area contributed by atoms with Crippen molar-refractivity contribution in [1.82, 2.24) is 0 Å². The van der Waals surface area contributed by atoms with Gasteiger partial charge in [0.1, 0.15) is 0 Å². The molecule has 64 valence electrons. The second-order valence-electron chi connectivity index (χ2n) is 3.56. The SMILES string of the molecule is FC1(F)CC2CC1CC2(F)F. The molecule has 4 heteroatoms. The van der Waals surface area contributed by atoms with Gasteiger partial charge in [0.25, 0.3) is 11.8 Å². The first-order valence-electron chi connectivity index (χ1n) is 3.67. The first-order valence-corrected chi connectivity index (χ1v) is 3.67. The Hall–Kier alpha value is -0.280. The summed E-state index contributed by atoms with van der Waals surface area (Å²) in [5, 5.41) is 0. The highest BCUT2D eigenvalue weighted by molar-refractivity contribution is 5.03. The number of rotatable bonds is 0. The molecular formula is C7H8F4. The van der Waals surface area contributed by atoms with Crippen LogP contribution in [0.1, 0.15) is 19.3 Å². The van der Waals surface area contributed by atoms with E-state index in [4.69, 9.17) is 0 Å².